The molecule has 0 heterocycles. The number of carbonyl (C=O) groups is 3. The maximum absolute atomic E-state index is 13.4. The van der Waals surface area contributed by atoms with Crippen LogP contribution in [0.2, 0.25) is 0 Å². The van der Waals surface area contributed by atoms with E-state index in [9.17, 15) is 22.8 Å². The first-order valence-corrected chi connectivity index (χ1v) is 17.1. The minimum Gasteiger partial charge on any atom is -0.379 e. The lowest BCUT2D eigenvalue weighted by Gasteiger charge is -2.42. The molecule has 9 nitrogen and oxygen atoms in total. The van der Waals surface area contributed by atoms with Gasteiger partial charge in [-0.25, -0.2) is 0 Å². The molecular weight excluding hydrogens is 606 g/mol. The number of Topliss-reactive ketones (excluding diaryl/α,β-unsaturated/α-hetero) is 2. The summed E-state index contributed by atoms with van der Waals surface area (Å²) in [5.74, 6) is -0.789. The van der Waals surface area contributed by atoms with Crippen molar-refractivity contribution in [1.82, 2.24) is 0 Å². The van der Waals surface area contributed by atoms with E-state index in [0.29, 0.717) is 6.42 Å². The molecule has 0 aliphatic rings. The molecule has 256 valence electrons. The number of nitrogens with one attached hydrogen (secondary N) is 1. The van der Waals surface area contributed by atoms with Crippen LogP contribution in [-0.2, 0) is 34.0 Å². The van der Waals surface area contributed by atoms with Crippen molar-refractivity contribution in [1.29, 1.82) is 0 Å². The third-order valence-electron chi connectivity index (χ3n) is 8.17. The van der Waals surface area contributed by atoms with Crippen LogP contribution < -0.4 is 9.50 Å². The summed E-state index contributed by atoms with van der Waals surface area (Å²) in [4.78, 5) is 39.6. The fourth-order valence-electron chi connectivity index (χ4n) is 4.79. The molecule has 0 fully saturated rings. The van der Waals surface area contributed by atoms with Gasteiger partial charge in [0.05, 0.1) is 22.3 Å². The number of hydrogen-bond donors (Lipinski definition) is 1. The summed E-state index contributed by atoms with van der Waals surface area (Å²) < 4.78 is 43.7. The average Bonchev–Trinajstić information content (AvgIpc) is 2.91. The summed E-state index contributed by atoms with van der Waals surface area (Å²) in [5, 5.41) is 2.71. The molecule has 0 bridgehead atoms. The van der Waals surface area contributed by atoms with Crippen molar-refractivity contribution >= 4 is 33.3 Å². The van der Waals surface area contributed by atoms with Crippen molar-refractivity contribution in [3.63, 3.8) is 0 Å². The summed E-state index contributed by atoms with van der Waals surface area (Å²) >= 11 is 0. The van der Waals surface area contributed by atoms with Crippen molar-refractivity contribution in [2.45, 2.75) is 118 Å². The Morgan fingerprint density at radius 2 is 1.37 bits per heavy atom. The number of ether oxygens (including phenoxy) is 2. The van der Waals surface area contributed by atoms with Crippen molar-refractivity contribution < 1.29 is 36.5 Å². The first-order valence-electron chi connectivity index (χ1n) is 15.7. The number of benzene rings is 2. The molecule has 2 atom stereocenters. The van der Waals surface area contributed by atoms with Gasteiger partial charge < -0.3 is 19.0 Å². The topological polar surface area (TPSA) is 125 Å². The van der Waals surface area contributed by atoms with Gasteiger partial charge in [-0.1, -0.05) is 65.0 Å². The smallest absolute Gasteiger partial charge is 0.341 e. The van der Waals surface area contributed by atoms with E-state index in [1.165, 1.54) is 24.3 Å². The van der Waals surface area contributed by atoms with Crippen LogP contribution in [0.3, 0.4) is 0 Å². The molecular formula is C36H53NO8S. The second-order valence-corrected chi connectivity index (χ2v) is 16.4. The molecule has 2 aromatic carbocycles. The number of hydrogen-bond acceptors (Lipinski definition) is 8. The second kappa shape index (κ2) is 15.2. The van der Waals surface area contributed by atoms with Crippen LogP contribution in [0.4, 0.5) is 5.69 Å². The van der Waals surface area contributed by atoms with Gasteiger partial charge in [0.2, 0.25) is 5.91 Å². The zero-order valence-corrected chi connectivity index (χ0v) is 30.2. The highest BCUT2D eigenvalue weighted by atomic mass is 32.2. The third-order valence-corrected chi connectivity index (χ3v) is 9.48. The van der Waals surface area contributed by atoms with E-state index in [4.69, 9.17) is 13.7 Å². The Morgan fingerprint density at radius 1 is 0.804 bits per heavy atom. The Kier molecular flexibility index (Phi) is 12.9. The summed E-state index contributed by atoms with van der Waals surface area (Å²) in [5.41, 5.74) is -2.80. The summed E-state index contributed by atoms with van der Waals surface area (Å²) in [7, 11) is -4.25. The largest absolute Gasteiger partial charge is 0.379 e. The first-order chi connectivity index (χ1) is 21.0. The lowest BCUT2D eigenvalue weighted by Crippen LogP contribution is -2.51. The second-order valence-electron chi connectivity index (χ2n) is 14.9. The van der Waals surface area contributed by atoms with Crippen molar-refractivity contribution in [2.24, 2.45) is 16.7 Å². The SMILES string of the molecule is CC(OC(C)(C)C)C(=O)C(C)(C)C(C)(C)OCCC(CC(=O)Nc1ccccc1S(=O)(=O)Oc1ccccc1)CC(=O)C(C)(C)C. The standard InChI is InChI=1S/C36H53NO8S/c1-25(44-34(5,6)7)32(40)35(8,9)36(10,11)43-22-21-26(23-30(38)33(2,3)4)24-31(39)37-28-19-15-16-20-29(28)46(41,42)45-27-17-13-12-14-18-27/h12-20,25-26H,21-24H2,1-11H3,(H,37,39). The zero-order chi connectivity index (χ0) is 35.1. The summed E-state index contributed by atoms with van der Waals surface area (Å²) in [6.45, 7) is 20.5. The minimum absolute atomic E-state index is 0.00698. The van der Waals surface area contributed by atoms with Gasteiger partial charge in [-0.05, 0) is 78.1 Å². The lowest BCUT2D eigenvalue weighted by atomic mass is 9.72. The maximum atomic E-state index is 13.4. The molecule has 46 heavy (non-hydrogen) atoms. The van der Waals surface area contributed by atoms with E-state index < -0.39 is 50.1 Å². The molecule has 10 heteroatoms. The van der Waals surface area contributed by atoms with Crippen LogP contribution in [0.1, 0.15) is 95.4 Å². The van der Waals surface area contributed by atoms with Crippen molar-refractivity contribution in [3.8, 4) is 5.75 Å². The van der Waals surface area contributed by atoms with Crippen LogP contribution in [0, 0.1) is 16.7 Å². The van der Waals surface area contributed by atoms with E-state index in [1.54, 1.807) is 37.3 Å². The predicted octanol–water partition coefficient (Wildman–Crippen LogP) is 7.39. The van der Waals surface area contributed by atoms with Gasteiger partial charge >= 0.3 is 10.1 Å². The first kappa shape index (κ1) is 39.1. The molecule has 0 aromatic heterocycles. The molecule has 0 aliphatic heterocycles. The van der Waals surface area contributed by atoms with Crippen molar-refractivity contribution in [2.75, 3.05) is 11.9 Å². The molecule has 0 radical (unpaired) electrons. The molecule has 1 N–H and O–H groups in total. The fraction of sp³-hybridized carbons (Fsp3) is 0.583. The number of amides is 1. The van der Waals surface area contributed by atoms with E-state index in [0.717, 1.165) is 0 Å². The zero-order valence-electron chi connectivity index (χ0n) is 29.4. The third kappa shape index (κ3) is 11.3. The highest BCUT2D eigenvalue weighted by Crippen LogP contribution is 2.37. The highest BCUT2D eigenvalue weighted by Gasteiger charge is 2.46. The van der Waals surface area contributed by atoms with Crippen LogP contribution in [-0.4, -0.2) is 49.8 Å². The molecule has 0 saturated heterocycles. The number of rotatable bonds is 16. The maximum Gasteiger partial charge on any atom is 0.341 e. The van der Waals surface area contributed by atoms with E-state index in [2.05, 4.69) is 5.32 Å². The lowest BCUT2D eigenvalue weighted by molar-refractivity contribution is -0.166. The minimum atomic E-state index is -4.25. The van der Waals surface area contributed by atoms with Crippen LogP contribution in [0.15, 0.2) is 59.5 Å². The number of anilines is 1. The highest BCUT2D eigenvalue weighted by molar-refractivity contribution is 7.87. The molecule has 2 unspecified atom stereocenters. The van der Waals surface area contributed by atoms with Gasteiger partial charge in [0.1, 0.15) is 22.5 Å². The Hall–Kier alpha value is -3.08. The molecule has 2 aromatic rings. The van der Waals surface area contributed by atoms with Gasteiger partial charge in [0, 0.05) is 24.9 Å². The number of para-hydroxylation sites is 2. The van der Waals surface area contributed by atoms with Crippen LogP contribution >= 0.6 is 0 Å². The van der Waals surface area contributed by atoms with Gasteiger partial charge in [0.15, 0.2) is 5.78 Å². The van der Waals surface area contributed by atoms with Crippen LogP contribution in [0.5, 0.6) is 5.75 Å². The Balaban J connectivity index is 2.19. The Labute approximate surface area is 275 Å². The Bertz CT molecular complexity index is 1450. The van der Waals surface area contributed by atoms with E-state index >= 15 is 0 Å². The van der Waals surface area contributed by atoms with Gasteiger partial charge in [0.25, 0.3) is 0 Å². The number of ketones is 2. The quantitative estimate of drug-likeness (QED) is 0.185. The normalized spacial score (nSPS) is 14.3. The summed E-state index contributed by atoms with van der Waals surface area (Å²) in [6.07, 6.45) is -0.174. The molecule has 0 saturated carbocycles. The van der Waals surface area contributed by atoms with E-state index in [1.807, 2.05) is 69.2 Å². The molecule has 2 rings (SSSR count). The summed E-state index contributed by atoms with van der Waals surface area (Å²) in [6, 6.07) is 14.1. The predicted molar refractivity (Wildman–Crippen MR) is 180 cm³/mol. The monoisotopic (exact) mass is 659 g/mol. The number of carbonyl (C=O) groups excluding carboxylic acids is 3. The average molecular weight is 660 g/mol. The Morgan fingerprint density at radius 3 is 1.93 bits per heavy atom. The van der Waals surface area contributed by atoms with Gasteiger partial charge in [-0.15, -0.1) is 0 Å². The fourth-order valence-corrected chi connectivity index (χ4v) is 5.88. The molecule has 0 aliphatic carbocycles. The molecule has 1 amide bonds. The van der Waals surface area contributed by atoms with Crippen molar-refractivity contribution in [3.05, 3.63) is 54.6 Å². The van der Waals surface area contributed by atoms with E-state index in [-0.39, 0.29) is 47.3 Å². The van der Waals surface area contributed by atoms with Crippen LogP contribution in [0.25, 0.3) is 0 Å². The molecule has 0 spiro atoms. The van der Waals surface area contributed by atoms with Gasteiger partial charge in [-0.3, -0.25) is 14.4 Å². The van der Waals surface area contributed by atoms with Gasteiger partial charge in [-0.2, -0.15) is 8.42 Å².